The van der Waals surface area contributed by atoms with Crippen LogP contribution in [0.5, 0.6) is 0 Å². The summed E-state index contributed by atoms with van der Waals surface area (Å²) in [6.07, 6.45) is 0.589. The van der Waals surface area contributed by atoms with Crippen LogP contribution in [0.15, 0.2) is 54.6 Å². The first-order valence-electron chi connectivity index (χ1n) is 10.1. The molecule has 2 aromatic rings. The van der Waals surface area contributed by atoms with Gasteiger partial charge in [-0.1, -0.05) is 68.8 Å². The van der Waals surface area contributed by atoms with Gasteiger partial charge in [-0.15, -0.1) is 0 Å². The topological polar surface area (TPSA) is 52.3 Å². The first kappa shape index (κ1) is 24.2. The Bertz CT molecular complexity index is 875. The maximum Gasteiger partial charge on any atom is 0.295 e. The van der Waals surface area contributed by atoms with Crippen molar-refractivity contribution in [1.82, 2.24) is 0 Å². The van der Waals surface area contributed by atoms with Crippen molar-refractivity contribution >= 4 is 31.9 Å². The summed E-state index contributed by atoms with van der Waals surface area (Å²) in [5.41, 5.74) is 6.25. The number of benzene rings is 2. The monoisotopic (exact) mass is 451 g/mol. The number of alkyl halides is 2. The van der Waals surface area contributed by atoms with E-state index in [-0.39, 0.29) is 5.56 Å². The minimum absolute atomic E-state index is 0.188. The molecule has 7 heteroatoms. The Morgan fingerprint density at radius 3 is 2.20 bits per heavy atom. The molecule has 0 aromatic heterocycles. The van der Waals surface area contributed by atoms with Crippen molar-refractivity contribution in [2.24, 2.45) is 5.73 Å². The van der Waals surface area contributed by atoms with Crippen molar-refractivity contribution < 1.29 is 18.0 Å². The molecule has 1 unspecified atom stereocenters. The van der Waals surface area contributed by atoms with Gasteiger partial charge in [-0.3, -0.25) is 4.79 Å². The zero-order valence-corrected chi connectivity index (χ0v) is 19.3. The molecule has 30 heavy (non-hydrogen) atoms. The largest absolute Gasteiger partial charge is 0.404 e. The molecule has 0 saturated heterocycles. The van der Waals surface area contributed by atoms with Crippen LogP contribution in [-0.2, 0) is 4.43 Å². The predicted molar refractivity (Wildman–Crippen MR) is 121 cm³/mol. The molecular formula is C23H28ClF2NO2Si. The number of halogens is 3. The lowest BCUT2D eigenvalue weighted by atomic mass is 10.0. The number of amides is 1. The quantitative estimate of drug-likeness (QED) is 0.401. The van der Waals surface area contributed by atoms with E-state index in [0.29, 0.717) is 16.1 Å². The van der Waals surface area contributed by atoms with Crippen molar-refractivity contribution in [1.29, 1.82) is 0 Å². The molecule has 2 aromatic carbocycles. The standard InChI is InChI=1S/C23H28ClF2NO2Si/c1-4-30(5-2,6-3)29-21(18-11-13-19(24)14-12-18)23(25,26)16-15-17-9-7-8-10-20(17)22(27)28/h7-16,21H,4-6H2,1-3H3,(H2,27,28). The third-order valence-corrected chi connectivity index (χ3v) is 10.4. The van der Waals surface area contributed by atoms with Gasteiger partial charge in [0.05, 0.1) is 0 Å². The van der Waals surface area contributed by atoms with Crippen LogP contribution in [0.3, 0.4) is 0 Å². The summed E-state index contributed by atoms with van der Waals surface area (Å²) in [5, 5.41) is 0.469. The summed E-state index contributed by atoms with van der Waals surface area (Å²) in [5.74, 6) is -3.98. The molecule has 0 saturated carbocycles. The van der Waals surface area contributed by atoms with E-state index in [1.807, 2.05) is 20.8 Å². The zero-order valence-electron chi connectivity index (χ0n) is 17.5. The Hall–Kier alpha value is -2.02. The molecule has 0 fully saturated rings. The molecule has 0 bridgehead atoms. The number of primary amides is 1. The third kappa shape index (κ3) is 5.77. The van der Waals surface area contributed by atoms with Crippen LogP contribution in [0.25, 0.3) is 6.08 Å². The molecule has 0 radical (unpaired) electrons. The van der Waals surface area contributed by atoms with Crippen LogP contribution >= 0.6 is 11.6 Å². The van der Waals surface area contributed by atoms with E-state index < -0.39 is 26.3 Å². The van der Waals surface area contributed by atoms with Crippen molar-refractivity contribution in [2.75, 3.05) is 0 Å². The molecule has 162 valence electrons. The maximum atomic E-state index is 15.5. The molecule has 0 aliphatic heterocycles. The molecule has 1 atom stereocenters. The molecule has 2 N–H and O–H groups in total. The van der Waals surface area contributed by atoms with E-state index in [4.69, 9.17) is 21.8 Å². The molecule has 0 aliphatic rings. The number of hydrogen-bond acceptors (Lipinski definition) is 2. The van der Waals surface area contributed by atoms with Crippen LogP contribution in [-0.4, -0.2) is 20.1 Å². The highest BCUT2D eigenvalue weighted by molar-refractivity contribution is 6.73. The highest BCUT2D eigenvalue weighted by atomic mass is 35.5. The van der Waals surface area contributed by atoms with Crippen LogP contribution in [0.1, 0.15) is 48.4 Å². The summed E-state index contributed by atoms with van der Waals surface area (Å²) in [4.78, 5) is 11.6. The smallest absolute Gasteiger partial charge is 0.295 e. The van der Waals surface area contributed by atoms with Gasteiger partial charge in [0.25, 0.3) is 5.92 Å². The van der Waals surface area contributed by atoms with Crippen LogP contribution in [0.4, 0.5) is 8.78 Å². The molecule has 1 amide bonds. The van der Waals surface area contributed by atoms with Gasteiger partial charge in [-0.05, 0) is 53.5 Å². The minimum atomic E-state index is -3.31. The normalized spacial score (nSPS) is 13.5. The van der Waals surface area contributed by atoms with Gasteiger partial charge in [-0.25, -0.2) is 0 Å². The Kier molecular flexibility index (Phi) is 8.35. The summed E-state index contributed by atoms with van der Waals surface area (Å²) in [6.45, 7) is 5.99. The van der Waals surface area contributed by atoms with Crippen molar-refractivity contribution in [3.63, 3.8) is 0 Å². The van der Waals surface area contributed by atoms with Gasteiger partial charge in [0.15, 0.2) is 8.32 Å². The second kappa shape index (κ2) is 10.3. The van der Waals surface area contributed by atoms with E-state index in [1.165, 1.54) is 12.1 Å². The fraction of sp³-hybridized carbons (Fsp3) is 0.348. The van der Waals surface area contributed by atoms with Crippen molar-refractivity contribution in [3.8, 4) is 0 Å². The van der Waals surface area contributed by atoms with Crippen LogP contribution < -0.4 is 5.73 Å². The minimum Gasteiger partial charge on any atom is -0.404 e. The highest BCUT2D eigenvalue weighted by Gasteiger charge is 2.44. The lowest BCUT2D eigenvalue weighted by molar-refractivity contribution is -0.0627. The molecule has 0 spiro atoms. The second-order valence-corrected chi connectivity index (χ2v) is 12.4. The molecular weight excluding hydrogens is 424 g/mol. The average Bonchev–Trinajstić information content (AvgIpc) is 2.74. The fourth-order valence-electron chi connectivity index (χ4n) is 3.41. The van der Waals surface area contributed by atoms with Gasteiger partial charge in [0, 0.05) is 10.6 Å². The fourth-order valence-corrected chi connectivity index (χ4v) is 6.33. The molecule has 0 heterocycles. The number of hydrogen-bond donors (Lipinski definition) is 1. The number of carbonyl (C=O) groups excluding carboxylic acids is 1. The Labute approximate surface area is 183 Å². The first-order chi connectivity index (χ1) is 14.2. The molecule has 2 rings (SSSR count). The lowest BCUT2D eigenvalue weighted by Gasteiger charge is -2.36. The van der Waals surface area contributed by atoms with Crippen molar-refractivity contribution in [2.45, 2.75) is 50.9 Å². The van der Waals surface area contributed by atoms with Gasteiger partial charge in [-0.2, -0.15) is 8.78 Å². The Morgan fingerprint density at radius 2 is 1.67 bits per heavy atom. The highest BCUT2D eigenvalue weighted by Crippen LogP contribution is 2.41. The zero-order chi connectivity index (χ0) is 22.4. The van der Waals surface area contributed by atoms with E-state index in [1.54, 1.807) is 42.5 Å². The van der Waals surface area contributed by atoms with Gasteiger partial charge < -0.3 is 10.2 Å². The van der Waals surface area contributed by atoms with Crippen LogP contribution in [0.2, 0.25) is 23.2 Å². The third-order valence-electron chi connectivity index (χ3n) is 5.53. The van der Waals surface area contributed by atoms with E-state index in [0.717, 1.165) is 24.2 Å². The van der Waals surface area contributed by atoms with Crippen LogP contribution in [0, 0.1) is 0 Å². The average molecular weight is 452 g/mol. The van der Waals surface area contributed by atoms with Gasteiger partial charge in [0.2, 0.25) is 5.91 Å². The van der Waals surface area contributed by atoms with E-state index in [2.05, 4.69) is 0 Å². The van der Waals surface area contributed by atoms with Gasteiger partial charge >= 0.3 is 0 Å². The summed E-state index contributed by atoms with van der Waals surface area (Å²) >= 11 is 5.96. The predicted octanol–water partition coefficient (Wildman–Crippen LogP) is 6.85. The molecule has 3 nitrogen and oxygen atoms in total. The first-order valence-corrected chi connectivity index (χ1v) is 13.0. The Morgan fingerprint density at radius 1 is 1.10 bits per heavy atom. The lowest BCUT2D eigenvalue weighted by Crippen LogP contribution is -2.41. The summed E-state index contributed by atoms with van der Waals surface area (Å²) in [6, 6.07) is 14.9. The number of carbonyl (C=O) groups is 1. The van der Waals surface area contributed by atoms with E-state index in [9.17, 15) is 4.79 Å². The molecule has 0 aliphatic carbocycles. The maximum absolute atomic E-state index is 15.5. The Balaban J connectivity index is 2.48. The second-order valence-electron chi connectivity index (χ2n) is 7.25. The van der Waals surface area contributed by atoms with Crippen molar-refractivity contribution in [3.05, 3.63) is 76.3 Å². The summed E-state index contributed by atoms with van der Waals surface area (Å²) < 4.78 is 37.2. The van der Waals surface area contributed by atoms with E-state index >= 15 is 8.78 Å². The SMILES string of the molecule is CC[Si](CC)(CC)OC(c1ccc(Cl)cc1)C(F)(F)C=Cc1ccccc1C(N)=O. The number of rotatable bonds is 10. The number of nitrogens with two attached hydrogens (primary N) is 1. The summed E-state index contributed by atoms with van der Waals surface area (Å²) in [7, 11) is -2.34. The van der Waals surface area contributed by atoms with Gasteiger partial charge in [0.1, 0.15) is 6.10 Å².